The van der Waals surface area contributed by atoms with Crippen molar-refractivity contribution < 1.29 is 24.9 Å². The Labute approximate surface area is 92.0 Å². The first-order chi connectivity index (χ1) is 7.49. The summed E-state index contributed by atoms with van der Waals surface area (Å²) in [5, 5.41) is 26.6. The molecule has 0 atom stereocenters. The highest BCUT2D eigenvalue weighted by Gasteiger charge is 2.07. The monoisotopic (exact) mass is 224 g/mol. The fourth-order valence-corrected chi connectivity index (χ4v) is 1.35. The minimum Gasteiger partial charge on any atom is -0.508 e. The van der Waals surface area contributed by atoms with E-state index in [1.54, 1.807) is 12.1 Å². The number of benzene rings is 1. The number of carboxylic acid groups (broad SMARTS) is 2. The number of hydrogen-bond donors (Lipinski definition) is 3. The van der Waals surface area contributed by atoms with Gasteiger partial charge < -0.3 is 15.3 Å². The second kappa shape index (κ2) is 5.16. The Morgan fingerprint density at radius 1 is 1.12 bits per heavy atom. The number of hydrogen-bond acceptors (Lipinski definition) is 3. The summed E-state index contributed by atoms with van der Waals surface area (Å²) in [4.78, 5) is 20.8. The van der Waals surface area contributed by atoms with Crippen molar-refractivity contribution in [1.29, 1.82) is 0 Å². The molecule has 0 saturated heterocycles. The first-order valence-electron chi connectivity index (χ1n) is 4.73. The first kappa shape index (κ1) is 12.0. The number of carboxylic acids is 2. The quantitative estimate of drug-likeness (QED) is 0.694. The molecule has 0 saturated carbocycles. The molecule has 0 fully saturated rings. The topological polar surface area (TPSA) is 94.8 Å². The molecule has 0 spiro atoms. The summed E-state index contributed by atoms with van der Waals surface area (Å²) in [5.41, 5.74) is 1.00. The Balaban J connectivity index is 2.75. The molecule has 1 rings (SSSR count). The first-order valence-corrected chi connectivity index (χ1v) is 4.73. The van der Waals surface area contributed by atoms with Crippen LogP contribution in [0.25, 0.3) is 0 Å². The van der Waals surface area contributed by atoms with Gasteiger partial charge in [-0.3, -0.25) is 9.59 Å². The molecule has 0 radical (unpaired) electrons. The fourth-order valence-electron chi connectivity index (χ4n) is 1.35. The van der Waals surface area contributed by atoms with Crippen molar-refractivity contribution in [3.8, 4) is 5.75 Å². The van der Waals surface area contributed by atoms with Gasteiger partial charge in [-0.25, -0.2) is 0 Å². The van der Waals surface area contributed by atoms with Crippen LogP contribution in [-0.4, -0.2) is 27.3 Å². The van der Waals surface area contributed by atoms with Gasteiger partial charge in [0.1, 0.15) is 5.75 Å². The predicted molar refractivity (Wildman–Crippen MR) is 55.4 cm³/mol. The number of aromatic hydroxyl groups is 1. The lowest BCUT2D eigenvalue weighted by atomic mass is 10.0. The largest absolute Gasteiger partial charge is 0.508 e. The zero-order valence-corrected chi connectivity index (χ0v) is 8.51. The van der Waals surface area contributed by atoms with Gasteiger partial charge >= 0.3 is 11.9 Å². The number of carbonyl (C=O) groups is 2. The minimum absolute atomic E-state index is 0.0556. The van der Waals surface area contributed by atoms with Crippen LogP contribution in [0.2, 0.25) is 0 Å². The Morgan fingerprint density at radius 3 is 2.31 bits per heavy atom. The Kier molecular flexibility index (Phi) is 3.88. The van der Waals surface area contributed by atoms with Crippen molar-refractivity contribution in [2.75, 3.05) is 0 Å². The molecule has 1 aromatic carbocycles. The van der Waals surface area contributed by atoms with Crippen molar-refractivity contribution >= 4 is 11.9 Å². The van der Waals surface area contributed by atoms with Crippen LogP contribution in [0.3, 0.4) is 0 Å². The second-order valence-electron chi connectivity index (χ2n) is 3.43. The number of aliphatic carboxylic acids is 2. The van der Waals surface area contributed by atoms with Crippen molar-refractivity contribution in [2.45, 2.75) is 19.3 Å². The molecule has 0 aliphatic carbocycles. The van der Waals surface area contributed by atoms with E-state index in [2.05, 4.69) is 0 Å². The maximum absolute atomic E-state index is 10.4. The third-order valence-electron chi connectivity index (χ3n) is 2.11. The number of aryl methyl sites for hydroxylation is 1. The SMILES string of the molecule is O=C(O)CCc1ccc(CC(=O)O)cc1O. The average molecular weight is 224 g/mol. The van der Waals surface area contributed by atoms with Crippen LogP contribution in [0.1, 0.15) is 17.5 Å². The van der Waals surface area contributed by atoms with Crippen molar-refractivity contribution in [2.24, 2.45) is 0 Å². The molecule has 0 unspecified atom stereocenters. The molecule has 3 N–H and O–H groups in total. The highest BCUT2D eigenvalue weighted by Crippen LogP contribution is 2.20. The van der Waals surface area contributed by atoms with E-state index >= 15 is 0 Å². The van der Waals surface area contributed by atoms with E-state index in [0.717, 1.165) is 0 Å². The summed E-state index contributed by atoms with van der Waals surface area (Å²) in [6.07, 6.45) is 0.00707. The summed E-state index contributed by atoms with van der Waals surface area (Å²) in [6.45, 7) is 0. The third-order valence-corrected chi connectivity index (χ3v) is 2.11. The Hall–Kier alpha value is -2.04. The van der Waals surface area contributed by atoms with Crippen LogP contribution in [0.4, 0.5) is 0 Å². The normalized spacial score (nSPS) is 10.0. The molecule has 0 aliphatic rings. The maximum Gasteiger partial charge on any atom is 0.307 e. The van der Waals surface area contributed by atoms with Crippen LogP contribution in [0, 0.1) is 0 Å². The van der Waals surface area contributed by atoms with E-state index in [1.807, 2.05) is 0 Å². The summed E-state index contributed by atoms with van der Waals surface area (Å²) in [5.74, 6) is -1.97. The number of phenolic OH excluding ortho intramolecular Hbond substituents is 1. The average Bonchev–Trinajstić information content (AvgIpc) is 2.15. The van der Waals surface area contributed by atoms with Crippen LogP contribution >= 0.6 is 0 Å². The Morgan fingerprint density at radius 2 is 1.81 bits per heavy atom. The zero-order valence-electron chi connectivity index (χ0n) is 8.51. The summed E-state index contributed by atoms with van der Waals surface area (Å²) < 4.78 is 0. The molecule has 0 aromatic heterocycles. The van der Waals surface area contributed by atoms with E-state index in [0.29, 0.717) is 11.1 Å². The zero-order chi connectivity index (χ0) is 12.1. The van der Waals surface area contributed by atoms with Gasteiger partial charge in [0.15, 0.2) is 0 Å². The molecule has 0 bridgehead atoms. The molecule has 0 amide bonds. The lowest BCUT2D eigenvalue weighted by Gasteiger charge is -2.04. The van der Waals surface area contributed by atoms with Crippen molar-refractivity contribution in [3.05, 3.63) is 29.3 Å². The highest BCUT2D eigenvalue weighted by molar-refractivity contribution is 5.70. The summed E-state index contributed by atoms with van der Waals surface area (Å²) in [7, 11) is 0. The molecule has 0 heterocycles. The summed E-state index contributed by atoms with van der Waals surface area (Å²) >= 11 is 0. The van der Waals surface area contributed by atoms with E-state index in [9.17, 15) is 14.7 Å². The lowest BCUT2D eigenvalue weighted by molar-refractivity contribution is -0.137. The van der Waals surface area contributed by atoms with E-state index in [1.165, 1.54) is 6.07 Å². The molecular weight excluding hydrogens is 212 g/mol. The molecule has 1 aromatic rings. The van der Waals surface area contributed by atoms with Crippen LogP contribution in [0.5, 0.6) is 5.75 Å². The minimum atomic E-state index is -0.974. The van der Waals surface area contributed by atoms with Gasteiger partial charge in [0.05, 0.1) is 6.42 Å². The number of phenols is 1. The van der Waals surface area contributed by atoms with Crippen LogP contribution < -0.4 is 0 Å². The van der Waals surface area contributed by atoms with Crippen molar-refractivity contribution in [1.82, 2.24) is 0 Å². The van der Waals surface area contributed by atoms with E-state index in [4.69, 9.17) is 10.2 Å². The van der Waals surface area contributed by atoms with Gasteiger partial charge in [-0.2, -0.15) is 0 Å². The predicted octanol–water partition coefficient (Wildman–Crippen LogP) is 1.04. The highest BCUT2D eigenvalue weighted by atomic mass is 16.4. The molecule has 5 nitrogen and oxygen atoms in total. The lowest BCUT2D eigenvalue weighted by Crippen LogP contribution is -2.01. The van der Waals surface area contributed by atoms with Gasteiger partial charge in [-0.05, 0) is 23.6 Å². The van der Waals surface area contributed by atoms with Crippen LogP contribution in [-0.2, 0) is 22.4 Å². The van der Waals surface area contributed by atoms with Gasteiger partial charge in [0.25, 0.3) is 0 Å². The molecule has 16 heavy (non-hydrogen) atoms. The maximum atomic E-state index is 10.4. The fraction of sp³-hybridized carbons (Fsp3) is 0.273. The van der Waals surface area contributed by atoms with E-state index < -0.39 is 11.9 Å². The van der Waals surface area contributed by atoms with Crippen LogP contribution in [0.15, 0.2) is 18.2 Å². The smallest absolute Gasteiger partial charge is 0.307 e. The van der Waals surface area contributed by atoms with Gasteiger partial charge in [0, 0.05) is 6.42 Å². The molecule has 5 heteroatoms. The van der Waals surface area contributed by atoms with Gasteiger partial charge in [0.2, 0.25) is 0 Å². The molecule has 86 valence electrons. The van der Waals surface area contributed by atoms with Crippen molar-refractivity contribution in [3.63, 3.8) is 0 Å². The van der Waals surface area contributed by atoms with Gasteiger partial charge in [-0.15, -0.1) is 0 Å². The Bertz CT molecular complexity index is 411. The third kappa shape index (κ3) is 3.61. The van der Waals surface area contributed by atoms with E-state index in [-0.39, 0.29) is 25.0 Å². The summed E-state index contributed by atoms with van der Waals surface area (Å²) in [6, 6.07) is 4.48. The molecule has 0 aliphatic heterocycles. The standard InChI is InChI=1S/C11H12O5/c12-9-5-7(6-11(15)16)1-2-8(9)3-4-10(13)14/h1-2,5,12H,3-4,6H2,(H,13,14)(H,15,16). The number of rotatable bonds is 5. The molecular formula is C11H12O5. The van der Waals surface area contributed by atoms with Gasteiger partial charge in [-0.1, -0.05) is 12.1 Å². The second-order valence-corrected chi connectivity index (χ2v) is 3.43.